The lowest BCUT2D eigenvalue weighted by atomic mass is 10.3. The van der Waals surface area contributed by atoms with Crippen molar-refractivity contribution in [2.45, 2.75) is 32.9 Å². The topological polar surface area (TPSA) is 47.0 Å². The molecule has 2 unspecified atom stereocenters. The summed E-state index contributed by atoms with van der Waals surface area (Å²) in [6.07, 6.45) is 0.0371. The summed E-state index contributed by atoms with van der Waals surface area (Å²) in [7, 11) is 1.68. The number of rotatable bonds is 5. The number of hydrogen-bond donors (Lipinski definition) is 1. The maximum absolute atomic E-state index is 5.18. The molecule has 1 aromatic rings. The lowest BCUT2D eigenvalue weighted by Crippen LogP contribution is -2.17. The molecule has 1 aromatic heterocycles. The highest BCUT2D eigenvalue weighted by Crippen LogP contribution is 2.23. The zero-order valence-corrected chi connectivity index (χ0v) is 9.89. The molecule has 0 spiro atoms. The maximum atomic E-state index is 5.18. The van der Waals surface area contributed by atoms with Crippen molar-refractivity contribution in [2.24, 2.45) is 0 Å². The first kappa shape index (κ1) is 11.6. The summed E-state index contributed by atoms with van der Waals surface area (Å²) in [6.45, 7) is 7.08. The van der Waals surface area contributed by atoms with Gasteiger partial charge in [0, 0.05) is 7.11 Å². The molecular formula is C9H17N3OS. The monoisotopic (exact) mass is 215 g/mol. The van der Waals surface area contributed by atoms with Crippen molar-refractivity contribution < 1.29 is 4.74 Å². The van der Waals surface area contributed by atoms with E-state index in [-0.39, 0.29) is 12.1 Å². The number of ether oxygens (including phenoxy) is 1. The Kier molecular flexibility index (Phi) is 4.44. The van der Waals surface area contributed by atoms with Gasteiger partial charge in [0.05, 0.1) is 6.04 Å². The lowest BCUT2D eigenvalue weighted by molar-refractivity contribution is 0.118. The van der Waals surface area contributed by atoms with Crippen LogP contribution in [-0.2, 0) is 4.74 Å². The van der Waals surface area contributed by atoms with Crippen LogP contribution in [0.4, 0.5) is 0 Å². The van der Waals surface area contributed by atoms with Gasteiger partial charge in [-0.2, -0.15) is 0 Å². The quantitative estimate of drug-likeness (QED) is 0.815. The van der Waals surface area contributed by atoms with Gasteiger partial charge in [-0.05, 0) is 20.4 Å². The van der Waals surface area contributed by atoms with Crippen LogP contribution in [0.25, 0.3) is 0 Å². The van der Waals surface area contributed by atoms with Gasteiger partial charge in [-0.3, -0.25) is 0 Å². The molecule has 0 aliphatic rings. The van der Waals surface area contributed by atoms with E-state index >= 15 is 0 Å². The largest absolute Gasteiger partial charge is 0.374 e. The fraction of sp³-hybridized carbons (Fsp3) is 0.778. The molecule has 2 atom stereocenters. The molecule has 0 saturated carbocycles. The molecule has 0 fully saturated rings. The highest BCUT2D eigenvalue weighted by Gasteiger charge is 2.14. The molecule has 0 aliphatic carbocycles. The highest BCUT2D eigenvalue weighted by molar-refractivity contribution is 7.11. The van der Waals surface area contributed by atoms with E-state index < -0.39 is 0 Å². The summed E-state index contributed by atoms with van der Waals surface area (Å²) in [4.78, 5) is 0. The second kappa shape index (κ2) is 5.38. The predicted molar refractivity (Wildman–Crippen MR) is 57.4 cm³/mol. The molecule has 5 heteroatoms. The van der Waals surface area contributed by atoms with E-state index in [1.807, 2.05) is 6.92 Å². The fourth-order valence-electron chi connectivity index (χ4n) is 1.08. The van der Waals surface area contributed by atoms with Gasteiger partial charge in [-0.15, -0.1) is 10.2 Å². The van der Waals surface area contributed by atoms with E-state index in [4.69, 9.17) is 4.74 Å². The lowest BCUT2D eigenvalue weighted by Gasteiger charge is -2.07. The third kappa shape index (κ3) is 2.73. The molecule has 14 heavy (non-hydrogen) atoms. The summed E-state index contributed by atoms with van der Waals surface area (Å²) in [5, 5.41) is 13.5. The van der Waals surface area contributed by atoms with Crippen molar-refractivity contribution in [1.29, 1.82) is 0 Å². The number of nitrogens with zero attached hydrogens (tertiary/aromatic N) is 2. The molecule has 0 aliphatic heterocycles. The third-order valence-corrected chi connectivity index (χ3v) is 3.31. The van der Waals surface area contributed by atoms with Crippen molar-refractivity contribution in [3.63, 3.8) is 0 Å². The molecule has 4 nitrogen and oxygen atoms in total. The maximum Gasteiger partial charge on any atom is 0.146 e. The predicted octanol–water partition coefficient (Wildman–Crippen LogP) is 1.92. The van der Waals surface area contributed by atoms with Gasteiger partial charge in [0.2, 0.25) is 0 Å². The zero-order valence-electron chi connectivity index (χ0n) is 9.07. The molecule has 1 rings (SSSR count). The van der Waals surface area contributed by atoms with Gasteiger partial charge in [0.25, 0.3) is 0 Å². The van der Waals surface area contributed by atoms with Gasteiger partial charge in [-0.1, -0.05) is 18.3 Å². The second-order valence-corrected chi connectivity index (χ2v) is 4.18. The van der Waals surface area contributed by atoms with Crippen molar-refractivity contribution in [2.75, 3.05) is 13.7 Å². The van der Waals surface area contributed by atoms with E-state index in [0.717, 1.165) is 16.6 Å². The number of methoxy groups -OCH3 is 1. The molecule has 0 bridgehead atoms. The van der Waals surface area contributed by atoms with Crippen LogP contribution in [0.15, 0.2) is 0 Å². The van der Waals surface area contributed by atoms with Crippen LogP contribution >= 0.6 is 11.3 Å². The van der Waals surface area contributed by atoms with Gasteiger partial charge >= 0.3 is 0 Å². The first-order chi connectivity index (χ1) is 6.69. The smallest absolute Gasteiger partial charge is 0.146 e. The average Bonchev–Trinajstić information content (AvgIpc) is 2.66. The van der Waals surface area contributed by atoms with E-state index in [9.17, 15) is 0 Å². The van der Waals surface area contributed by atoms with Gasteiger partial charge < -0.3 is 10.1 Å². The Hall–Kier alpha value is -0.520. The van der Waals surface area contributed by atoms with Gasteiger partial charge in [0.1, 0.15) is 16.1 Å². The van der Waals surface area contributed by atoms with Crippen molar-refractivity contribution in [3.05, 3.63) is 10.0 Å². The summed E-state index contributed by atoms with van der Waals surface area (Å²) in [5.74, 6) is 0. The number of nitrogens with one attached hydrogen (secondary N) is 1. The van der Waals surface area contributed by atoms with E-state index in [1.54, 1.807) is 18.4 Å². The molecule has 80 valence electrons. The Morgan fingerprint density at radius 3 is 2.57 bits per heavy atom. The molecular weight excluding hydrogens is 198 g/mol. The number of hydrogen-bond acceptors (Lipinski definition) is 5. The zero-order chi connectivity index (χ0) is 10.6. The molecule has 0 amide bonds. The van der Waals surface area contributed by atoms with Crippen LogP contribution < -0.4 is 5.32 Å². The van der Waals surface area contributed by atoms with E-state index in [2.05, 4.69) is 29.4 Å². The van der Waals surface area contributed by atoms with E-state index in [1.165, 1.54) is 0 Å². The molecule has 0 aromatic carbocycles. The van der Waals surface area contributed by atoms with Crippen LogP contribution in [0, 0.1) is 0 Å². The van der Waals surface area contributed by atoms with Crippen LogP contribution in [-0.4, -0.2) is 23.9 Å². The normalized spacial score (nSPS) is 15.4. The van der Waals surface area contributed by atoms with Crippen molar-refractivity contribution >= 4 is 11.3 Å². The Balaban J connectivity index is 2.67. The second-order valence-electron chi connectivity index (χ2n) is 3.14. The highest BCUT2D eigenvalue weighted by atomic mass is 32.1. The standard InChI is InChI=1S/C9H17N3OS/c1-5-10-6(2)8-11-12-9(14-8)7(3)13-4/h6-7,10H,5H2,1-4H3. The number of aromatic nitrogens is 2. The Labute approximate surface area is 88.7 Å². The van der Waals surface area contributed by atoms with Crippen molar-refractivity contribution in [3.8, 4) is 0 Å². The summed E-state index contributed by atoms with van der Waals surface area (Å²) in [5.41, 5.74) is 0. The first-order valence-corrected chi connectivity index (χ1v) is 5.60. The minimum absolute atomic E-state index is 0.0371. The average molecular weight is 215 g/mol. The fourth-order valence-corrected chi connectivity index (χ4v) is 1.98. The SMILES string of the molecule is CCNC(C)c1nnc(C(C)OC)s1. The Morgan fingerprint density at radius 1 is 1.36 bits per heavy atom. The minimum Gasteiger partial charge on any atom is -0.374 e. The Bertz CT molecular complexity index is 277. The Morgan fingerprint density at radius 2 is 2.00 bits per heavy atom. The molecule has 1 N–H and O–H groups in total. The first-order valence-electron chi connectivity index (χ1n) is 4.78. The van der Waals surface area contributed by atoms with Crippen LogP contribution in [0.3, 0.4) is 0 Å². The molecule has 0 radical (unpaired) electrons. The summed E-state index contributed by atoms with van der Waals surface area (Å²) >= 11 is 1.60. The van der Waals surface area contributed by atoms with Crippen LogP contribution in [0.5, 0.6) is 0 Å². The molecule has 1 heterocycles. The van der Waals surface area contributed by atoms with Gasteiger partial charge in [-0.25, -0.2) is 0 Å². The summed E-state index contributed by atoms with van der Waals surface area (Å²) in [6, 6.07) is 0.273. The molecule has 0 saturated heterocycles. The van der Waals surface area contributed by atoms with Crippen LogP contribution in [0.1, 0.15) is 42.9 Å². The third-order valence-electron chi connectivity index (χ3n) is 2.04. The van der Waals surface area contributed by atoms with E-state index in [0.29, 0.717) is 0 Å². The van der Waals surface area contributed by atoms with Crippen LogP contribution in [0.2, 0.25) is 0 Å². The van der Waals surface area contributed by atoms with Gasteiger partial charge in [0.15, 0.2) is 0 Å². The summed E-state index contributed by atoms with van der Waals surface area (Å²) < 4.78 is 5.18. The van der Waals surface area contributed by atoms with Crippen molar-refractivity contribution in [1.82, 2.24) is 15.5 Å². The minimum atomic E-state index is 0.0371.